The van der Waals surface area contributed by atoms with Crippen molar-refractivity contribution < 1.29 is 22.8 Å². The number of alkyl halides is 3. The summed E-state index contributed by atoms with van der Waals surface area (Å²) in [5, 5.41) is 3.64. The van der Waals surface area contributed by atoms with Gasteiger partial charge in [0.1, 0.15) is 0 Å². The van der Waals surface area contributed by atoms with Crippen molar-refractivity contribution in [3.8, 4) is 0 Å². The second-order valence-corrected chi connectivity index (χ2v) is 4.23. The summed E-state index contributed by atoms with van der Waals surface area (Å²) in [6.07, 6.45) is -1.08. The summed E-state index contributed by atoms with van der Waals surface area (Å²) in [6.45, 7) is 1.64. The lowest BCUT2D eigenvalue weighted by molar-refractivity contribution is -0.137. The van der Waals surface area contributed by atoms with Crippen LogP contribution in [0.4, 0.5) is 13.2 Å². The molecule has 0 saturated heterocycles. The van der Waals surface area contributed by atoms with Crippen LogP contribution in [0.25, 0.3) is 0 Å². The number of hydrogen-bond acceptors (Lipinski definition) is 3. The molecule has 2 aromatic rings. The van der Waals surface area contributed by atoms with Crippen LogP contribution in [0.5, 0.6) is 0 Å². The quantitative estimate of drug-likeness (QED) is 0.534. The van der Waals surface area contributed by atoms with Gasteiger partial charge in [-0.1, -0.05) is 5.16 Å². The number of rotatable bonds is 3. The van der Waals surface area contributed by atoms with Crippen LogP contribution < -0.4 is 0 Å². The fourth-order valence-corrected chi connectivity index (χ4v) is 1.56. The van der Waals surface area contributed by atoms with E-state index in [1.165, 1.54) is 0 Å². The van der Waals surface area contributed by atoms with Gasteiger partial charge in [-0.25, -0.2) is 4.79 Å². The third-order valence-corrected chi connectivity index (χ3v) is 2.73. The largest absolute Gasteiger partial charge is 0.416 e. The molecule has 110 valence electrons. The highest BCUT2D eigenvalue weighted by Crippen LogP contribution is 2.29. The lowest BCUT2D eigenvalue weighted by atomic mass is 10.1. The Balaban J connectivity index is 2.06. The standard InChI is InChI=1S/C14H11F3N2O2/c1-9(11-6-7-18-8-11)19-21-13(20)10-2-4-12(5-3-10)14(15,16)17/h2-8,18H,1H3/b19-9-. The summed E-state index contributed by atoms with van der Waals surface area (Å²) in [4.78, 5) is 19.2. The van der Waals surface area contributed by atoms with Crippen molar-refractivity contribution in [1.29, 1.82) is 0 Å². The van der Waals surface area contributed by atoms with Gasteiger partial charge in [0.15, 0.2) is 0 Å². The Morgan fingerprint density at radius 3 is 2.33 bits per heavy atom. The molecule has 0 fully saturated rings. The second-order valence-electron chi connectivity index (χ2n) is 4.23. The first-order valence-corrected chi connectivity index (χ1v) is 5.94. The number of carbonyl (C=O) groups is 1. The number of nitrogens with one attached hydrogen (secondary N) is 1. The Bertz CT molecular complexity index is 644. The van der Waals surface area contributed by atoms with E-state index in [0.717, 1.165) is 29.8 Å². The molecule has 2 rings (SSSR count). The first kappa shape index (κ1) is 14.8. The van der Waals surface area contributed by atoms with Crippen molar-refractivity contribution >= 4 is 11.7 Å². The van der Waals surface area contributed by atoms with Crippen molar-refractivity contribution in [3.05, 3.63) is 59.4 Å². The maximum absolute atomic E-state index is 12.4. The molecule has 1 aromatic heterocycles. The molecule has 0 bridgehead atoms. The Labute approximate surface area is 118 Å². The van der Waals surface area contributed by atoms with Crippen LogP contribution in [0.2, 0.25) is 0 Å². The highest BCUT2D eigenvalue weighted by molar-refractivity contribution is 5.99. The third-order valence-electron chi connectivity index (χ3n) is 2.73. The minimum atomic E-state index is -4.44. The molecule has 0 amide bonds. The maximum atomic E-state index is 12.4. The summed E-state index contributed by atoms with van der Waals surface area (Å²) in [5.74, 6) is -0.821. The predicted octanol–water partition coefficient (Wildman–Crippen LogP) is 3.61. The number of halogens is 3. The van der Waals surface area contributed by atoms with Crippen molar-refractivity contribution in [1.82, 2.24) is 4.98 Å². The van der Waals surface area contributed by atoms with Gasteiger partial charge in [0.2, 0.25) is 0 Å². The Kier molecular flexibility index (Phi) is 4.11. The molecule has 0 aliphatic rings. The third kappa shape index (κ3) is 3.71. The van der Waals surface area contributed by atoms with Crippen LogP contribution in [0.3, 0.4) is 0 Å². The molecule has 0 spiro atoms. The van der Waals surface area contributed by atoms with E-state index in [1.807, 2.05) is 0 Å². The second kappa shape index (κ2) is 5.82. The van der Waals surface area contributed by atoms with Crippen molar-refractivity contribution in [3.63, 3.8) is 0 Å². The summed E-state index contributed by atoms with van der Waals surface area (Å²) in [6, 6.07) is 5.47. The van der Waals surface area contributed by atoms with Crippen LogP contribution in [0.1, 0.15) is 28.4 Å². The molecule has 0 aliphatic carbocycles. The maximum Gasteiger partial charge on any atom is 0.416 e. The normalized spacial score (nSPS) is 12.3. The smallest absolute Gasteiger partial charge is 0.367 e. The average Bonchev–Trinajstić information content (AvgIpc) is 2.98. The number of H-pyrrole nitrogens is 1. The van der Waals surface area contributed by atoms with E-state index in [9.17, 15) is 18.0 Å². The molecule has 0 unspecified atom stereocenters. The zero-order chi connectivity index (χ0) is 15.5. The Morgan fingerprint density at radius 1 is 1.14 bits per heavy atom. The molecular weight excluding hydrogens is 285 g/mol. The van der Waals surface area contributed by atoms with Crippen LogP contribution in [0, 0.1) is 0 Å². The number of aromatic amines is 1. The molecule has 7 heteroatoms. The molecule has 1 aromatic carbocycles. The average molecular weight is 296 g/mol. The molecule has 1 heterocycles. The van der Waals surface area contributed by atoms with Gasteiger partial charge in [0.05, 0.1) is 16.8 Å². The lowest BCUT2D eigenvalue weighted by Crippen LogP contribution is -2.07. The predicted molar refractivity (Wildman–Crippen MR) is 69.9 cm³/mol. The number of hydrogen-bond donors (Lipinski definition) is 1. The number of oxime groups is 1. The molecule has 4 nitrogen and oxygen atoms in total. The van der Waals surface area contributed by atoms with E-state index < -0.39 is 17.7 Å². The van der Waals surface area contributed by atoms with Gasteiger partial charge < -0.3 is 9.82 Å². The van der Waals surface area contributed by atoms with Crippen molar-refractivity contribution in [2.75, 3.05) is 0 Å². The number of benzene rings is 1. The van der Waals surface area contributed by atoms with Gasteiger partial charge in [-0.2, -0.15) is 13.2 Å². The first-order valence-electron chi connectivity index (χ1n) is 5.94. The SMILES string of the molecule is C/C(=N/OC(=O)c1ccc(C(F)(F)F)cc1)c1cc[nH]c1. The minimum absolute atomic E-state index is 0.00591. The van der Waals surface area contributed by atoms with E-state index in [0.29, 0.717) is 5.71 Å². The zero-order valence-corrected chi connectivity index (χ0v) is 10.9. The van der Waals surface area contributed by atoms with Gasteiger partial charge in [-0.15, -0.1) is 0 Å². The van der Waals surface area contributed by atoms with Crippen LogP contribution in [0.15, 0.2) is 47.9 Å². The summed E-state index contributed by atoms with van der Waals surface area (Å²) < 4.78 is 37.2. The fourth-order valence-electron chi connectivity index (χ4n) is 1.56. The number of carbonyl (C=O) groups excluding carboxylic acids is 1. The highest BCUT2D eigenvalue weighted by Gasteiger charge is 2.30. The topological polar surface area (TPSA) is 54.4 Å². The van der Waals surface area contributed by atoms with Crippen LogP contribution in [-0.2, 0) is 11.0 Å². The van der Waals surface area contributed by atoms with Gasteiger partial charge in [-0.3, -0.25) is 0 Å². The van der Waals surface area contributed by atoms with Gasteiger partial charge in [-0.05, 0) is 37.3 Å². The van der Waals surface area contributed by atoms with E-state index in [-0.39, 0.29) is 5.56 Å². The summed E-state index contributed by atoms with van der Waals surface area (Å²) in [7, 11) is 0. The summed E-state index contributed by atoms with van der Waals surface area (Å²) in [5.41, 5.74) is 0.381. The Hall–Kier alpha value is -2.57. The minimum Gasteiger partial charge on any atom is -0.367 e. The number of nitrogens with zero attached hydrogens (tertiary/aromatic N) is 1. The van der Waals surface area contributed by atoms with Crippen molar-refractivity contribution in [2.24, 2.45) is 5.16 Å². The van der Waals surface area contributed by atoms with E-state index in [1.54, 1.807) is 25.4 Å². The molecule has 0 saturated carbocycles. The van der Waals surface area contributed by atoms with Crippen LogP contribution in [-0.4, -0.2) is 16.7 Å². The summed E-state index contributed by atoms with van der Waals surface area (Å²) >= 11 is 0. The van der Waals surface area contributed by atoms with Crippen molar-refractivity contribution in [2.45, 2.75) is 13.1 Å². The van der Waals surface area contributed by atoms with Gasteiger partial charge >= 0.3 is 12.1 Å². The van der Waals surface area contributed by atoms with E-state index >= 15 is 0 Å². The van der Waals surface area contributed by atoms with Crippen LogP contribution >= 0.6 is 0 Å². The fraction of sp³-hybridized carbons (Fsp3) is 0.143. The molecule has 0 atom stereocenters. The highest BCUT2D eigenvalue weighted by atomic mass is 19.4. The molecule has 0 radical (unpaired) electrons. The van der Waals surface area contributed by atoms with E-state index in [4.69, 9.17) is 4.84 Å². The monoisotopic (exact) mass is 296 g/mol. The number of aromatic nitrogens is 1. The van der Waals surface area contributed by atoms with Gasteiger partial charge in [0.25, 0.3) is 0 Å². The molecule has 1 N–H and O–H groups in total. The molecular formula is C14H11F3N2O2. The zero-order valence-electron chi connectivity index (χ0n) is 10.9. The lowest BCUT2D eigenvalue weighted by Gasteiger charge is -2.06. The first-order chi connectivity index (χ1) is 9.88. The molecule has 21 heavy (non-hydrogen) atoms. The molecule has 0 aliphatic heterocycles. The van der Waals surface area contributed by atoms with Gasteiger partial charge in [0, 0.05) is 18.0 Å². The van der Waals surface area contributed by atoms with E-state index in [2.05, 4.69) is 10.1 Å². The Morgan fingerprint density at radius 2 is 1.81 bits per heavy atom.